The molecule has 2 aliphatic rings. The van der Waals surface area contributed by atoms with Crippen molar-refractivity contribution in [2.75, 3.05) is 44.9 Å². The second-order valence-electron chi connectivity index (χ2n) is 8.75. The van der Waals surface area contributed by atoms with Gasteiger partial charge in [-0.1, -0.05) is 0 Å². The van der Waals surface area contributed by atoms with E-state index in [0.29, 0.717) is 42.6 Å². The number of nitrogens with one attached hydrogen (secondary N) is 1. The molecule has 2 aromatic rings. The van der Waals surface area contributed by atoms with Crippen molar-refractivity contribution < 1.29 is 32.2 Å². The number of nitrogens with zero attached hydrogens (tertiary/aromatic N) is 2. The highest BCUT2D eigenvalue weighted by Crippen LogP contribution is 2.44. The zero-order valence-corrected chi connectivity index (χ0v) is 20.8. The van der Waals surface area contributed by atoms with Crippen molar-refractivity contribution in [1.29, 1.82) is 0 Å². The normalized spacial score (nSPS) is 18.9. The van der Waals surface area contributed by atoms with E-state index in [9.17, 15) is 22.8 Å². The van der Waals surface area contributed by atoms with E-state index in [2.05, 4.69) is 5.32 Å². The molecule has 0 bridgehead atoms. The molecule has 1 atom stereocenters. The van der Waals surface area contributed by atoms with E-state index in [4.69, 9.17) is 9.47 Å². The van der Waals surface area contributed by atoms with E-state index in [1.807, 2.05) is 23.1 Å². The first-order chi connectivity index (χ1) is 17.2. The highest BCUT2D eigenvalue weighted by Gasteiger charge is 2.37. The quantitative estimate of drug-likeness (QED) is 0.561. The molecule has 0 aliphatic carbocycles. The number of halogens is 3. The Hall–Kier alpha value is -3.08. The maximum Gasteiger partial charge on any atom is 0.416 e. The number of hydrogen-bond donors (Lipinski definition) is 1. The summed E-state index contributed by atoms with van der Waals surface area (Å²) in [6.45, 7) is 1.57. The van der Waals surface area contributed by atoms with Crippen LogP contribution in [-0.4, -0.2) is 61.3 Å². The van der Waals surface area contributed by atoms with Crippen molar-refractivity contribution in [3.8, 4) is 11.5 Å². The SMILES string of the molecule is COc1ccc(OC)c(C2SCC(=O)N2CC2CCN(C(=O)Nc3ccc(C(F)(F)F)cc3)CC2)c1. The van der Waals surface area contributed by atoms with Gasteiger partial charge in [-0.05, 0) is 61.2 Å². The summed E-state index contributed by atoms with van der Waals surface area (Å²) in [6, 6.07) is 9.59. The van der Waals surface area contributed by atoms with E-state index >= 15 is 0 Å². The van der Waals surface area contributed by atoms with Crippen LogP contribution in [0.3, 0.4) is 0 Å². The van der Waals surface area contributed by atoms with Crippen LogP contribution in [0.1, 0.15) is 29.3 Å². The van der Waals surface area contributed by atoms with Gasteiger partial charge in [0.05, 0.1) is 25.5 Å². The number of methoxy groups -OCH3 is 2. The molecule has 2 saturated heterocycles. The van der Waals surface area contributed by atoms with Crippen LogP contribution >= 0.6 is 11.8 Å². The Bertz CT molecular complexity index is 1090. The molecule has 0 saturated carbocycles. The number of amides is 3. The maximum atomic E-state index is 12.7. The Morgan fingerprint density at radius 3 is 2.39 bits per heavy atom. The van der Waals surface area contributed by atoms with Crippen LogP contribution < -0.4 is 14.8 Å². The number of ether oxygens (including phenoxy) is 2. The summed E-state index contributed by atoms with van der Waals surface area (Å²) < 4.78 is 49.1. The average Bonchev–Trinajstić information content (AvgIpc) is 3.23. The minimum atomic E-state index is -4.42. The topological polar surface area (TPSA) is 71.1 Å². The molecule has 194 valence electrons. The number of carbonyl (C=O) groups excluding carboxylic acids is 2. The molecule has 2 heterocycles. The monoisotopic (exact) mass is 523 g/mol. The number of anilines is 1. The number of benzene rings is 2. The summed E-state index contributed by atoms with van der Waals surface area (Å²) in [5.41, 5.74) is 0.437. The first-order valence-corrected chi connectivity index (χ1v) is 12.6. The van der Waals surface area contributed by atoms with Crippen molar-refractivity contribution >= 4 is 29.4 Å². The minimum Gasteiger partial charge on any atom is -0.497 e. The molecule has 0 radical (unpaired) electrons. The van der Waals surface area contributed by atoms with Gasteiger partial charge in [0.15, 0.2) is 0 Å². The fraction of sp³-hybridized carbons (Fsp3) is 0.440. The molecule has 3 amide bonds. The molecule has 0 aromatic heterocycles. The third-order valence-electron chi connectivity index (χ3n) is 6.49. The van der Waals surface area contributed by atoms with Crippen LogP contribution in [0, 0.1) is 5.92 Å². The molecule has 11 heteroatoms. The Morgan fingerprint density at radius 2 is 1.78 bits per heavy atom. The first kappa shape index (κ1) is 26.0. The second kappa shape index (κ2) is 10.9. The van der Waals surface area contributed by atoms with Crippen LogP contribution in [0.5, 0.6) is 11.5 Å². The Morgan fingerprint density at radius 1 is 1.08 bits per heavy atom. The van der Waals surface area contributed by atoms with Crippen molar-refractivity contribution in [1.82, 2.24) is 9.80 Å². The van der Waals surface area contributed by atoms with E-state index in [1.165, 1.54) is 12.1 Å². The van der Waals surface area contributed by atoms with Crippen molar-refractivity contribution in [2.45, 2.75) is 24.4 Å². The van der Waals surface area contributed by atoms with Gasteiger partial charge < -0.3 is 24.6 Å². The van der Waals surface area contributed by atoms with Crippen molar-refractivity contribution in [3.05, 3.63) is 53.6 Å². The van der Waals surface area contributed by atoms with Crippen molar-refractivity contribution in [3.63, 3.8) is 0 Å². The van der Waals surface area contributed by atoms with Gasteiger partial charge in [0.25, 0.3) is 0 Å². The molecule has 2 aromatic carbocycles. The number of likely N-dealkylation sites (tertiary alicyclic amines) is 1. The number of rotatable bonds is 6. The Kier molecular flexibility index (Phi) is 7.87. The molecule has 0 spiro atoms. The third kappa shape index (κ3) is 5.83. The summed E-state index contributed by atoms with van der Waals surface area (Å²) in [7, 11) is 3.19. The predicted molar refractivity (Wildman–Crippen MR) is 131 cm³/mol. The van der Waals surface area contributed by atoms with Gasteiger partial charge in [0.2, 0.25) is 5.91 Å². The predicted octanol–water partition coefficient (Wildman–Crippen LogP) is 5.24. The minimum absolute atomic E-state index is 0.0670. The summed E-state index contributed by atoms with van der Waals surface area (Å²) >= 11 is 1.55. The molecule has 1 N–H and O–H groups in total. The summed E-state index contributed by atoms with van der Waals surface area (Å²) in [4.78, 5) is 28.9. The van der Waals surface area contributed by atoms with Crippen LogP contribution in [0.2, 0.25) is 0 Å². The Labute approximate surface area is 211 Å². The first-order valence-electron chi connectivity index (χ1n) is 11.6. The van der Waals surface area contributed by atoms with E-state index < -0.39 is 11.7 Å². The van der Waals surface area contributed by atoms with Crippen LogP contribution in [0.25, 0.3) is 0 Å². The zero-order valence-electron chi connectivity index (χ0n) is 20.0. The number of carbonyl (C=O) groups is 2. The number of urea groups is 1. The standard InChI is InChI=1S/C25H28F3N3O4S/c1-34-19-7-8-21(35-2)20(13-19)23-31(22(32)15-36-23)14-16-9-11-30(12-10-16)24(33)29-18-5-3-17(4-6-18)25(26,27)28/h3-8,13,16,23H,9-12,14-15H2,1-2H3,(H,29,33). The summed E-state index contributed by atoms with van der Waals surface area (Å²) in [5, 5.41) is 2.49. The van der Waals surface area contributed by atoms with Crippen LogP contribution in [0.4, 0.5) is 23.7 Å². The number of alkyl halides is 3. The number of thioether (sulfide) groups is 1. The number of hydrogen-bond acceptors (Lipinski definition) is 5. The van der Waals surface area contributed by atoms with E-state index in [1.54, 1.807) is 30.9 Å². The zero-order chi connectivity index (χ0) is 25.9. The van der Waals surface area contributed by atoms with Gasteiger partial charge in [-0.3, -0.25) is 4.79 Å². The molecular formula is C25H28F3N3O4S. The lowest BCUT2D eigenvalue weighted by Crippen LogP contribution is -2.44. The lowest BCUT2D eigenvalue weighted by atomic mass is 9.96. The van der Waals surface area contributed by atoms with Crippen molar-refractivity contribution in [2.24, 2.45) is 5.92 Å². The lowest BCUT2D eigenvalue weighted by Gasteiger charge is -2.35. The van der Waals surface area contributed by atoms with Gasteiger partial charge in [0.1, 0.15) is 16.9 Å². The largest absolute Gasteiger partial charge is 0.497 e. The number of piperidine rings is 1. The maximum absolute atomic E-state index is 12.7. The van der Waals surface area contributed by atoms with Gasteiger partial charge in [0, 0.05) is 30.9 Å². The van der Waals surface area contributed by atoms with Gasteiger partial charge in [-0.25, -0.2) is 4.79 Å². The molecule has 7 nitrogen and oxygen atoms in total. The fourth-order valence-corrected chi connectivity index (χ4v) is 5.70. The van der Waals surface area contributed by atoms with Gasteiger partial charge >= 0.3 is 12.2 Å². The second-order valence-corrected chi connectivity index (χ2v) is 9.82. The highest BCUT2D eigenvalue weighted by molar-refractivity contribution is 8.00. The molecular weight excluding hydrogens is 495 g/mol. The lowest BCUT2D eigenvalue weighted by molar-refractivity contribution is -0.137. The fourth-order valence-electron chi connectivity index (χ4n) is 4.48. The van der Waals surface area contributed by atoms with Crippen LogP contribution in [0.15, 0.2) is 42.5 Å². The molecule has 4 rings (SSSR count). The summed E-state index contributed by atoms with van der Waals surface area (Å²) in [5.74, 6) is 2.07. The molecule has 1 unspecified atom stereocenters. The third-order valence-corrected chi connectivity index (χ3v) is 7.73. The van der Waals surface area contributed by atoms with Gasteiger partial charge in [-0.15, -0.1) is 11.8 Å². The van der Waals surface area contributed by atoms with Crippen LogP contribution in [-0.2, 0) is 11.0 Å². The van der Waals surface area contributed by atoms with Gasteiger partial charge in [-0.2, -0.15) is 13.2 Å². The Balaban J connectivity index is 1.34. The van der Waals surface area contributed by atoms with E-state index in [0.717, 1.165) is 30.5 Å². The molecule has 36 heavy (non-hydrogen) atoms. The highest BCUT2D eigenvalue weighted by atomic mass is 32.2. The van der Waals surface area contributed by atoms with E-state index in [-0.39, 0.29) is 23.2 Å². The average molecular weight is 524 g/mol. The molecule has 2 aliphatic heterocycles. The summed E-state index contributed by atoms with van der Waals surface area (Å²) in [6.07, 6.45) is -2.98. The molecule has 2 fully saturated rings. The smallest absolute Gasteiger partial charge is 0.416 e.